The summed E-state index contributed by atoms with van der Waals surface area (Å²) in [5.74, 6) is -2.02. The van der Waals surface area contributed by atoms with Crippen molar-refractivity contribution in [2.45, 2.75) is 57.6 Å². The summed E-state index contributed by atoms with van der Waals surface area (Å²) >= 11 is 6.21. The van der Waals surface area contributed by atoms with Crippen molar-refractivity contribution in [3.63, 3.8) is 0 Å². The van der Waals surface area contributed by atoms with E-state index in [1.807, 2.05) is 31.2 Å². The van der Waals surface area contributed by atoms with Gasteiger partial charge in [-0.1, -0.05) is 36.7 Å². The molecule has 212 valence electrons. The van der Waals surface area contributed by atoms with Gasteiger partial charge in [0.25, 0.3) is 0 Å². The zero-order valence-electron chi connectivity index (χ0n) is 22.7. The average Bonchev–Trinajstić information content (AvgIpc) is 3.38. The molecule has 4 aliphatic carbocycles. The number of rotatable bonds is 4. The van der Waals surface area contributed by atoms with Gasteiger partial charge in [-0.05, 0) is 78.9 Å². The Kier molecular flexibility index (Phi) is 6.34. The number of carbonyl (C=O) groups excluding carboxylic acids is 2. The number of allylic oxidation sites excluding steroid dienone is 4. The molecular weight excluding hydrogens is 536 g/mol. The van der Waals surface area contributed by atoms with E-state index in [1.54, 1.807) is 13.0 Å². The molecule has 0 bridgehead atoms. The lowest BCUT2D eigenvalue weighted by Gasteiger charge is -2.63. The Labute approximate surface area is 238 Å². The molecule has 9 heteroatoms. The lowest BCUT2D eigenvalue weighted by atomic mass is 9.43. The van der Waals surface area contributed by atoms with E-state index in [4.69, 9.17) is 11.6 Å². The van der Waals surface area contributed by atoms with Crippen molar-refractivity contribution >= 4 is 23.3 Å². The molecule has 0 radical (unpaired) electrons. The Morgan fingerprint density at radius 3 is 2.80 bits per heavy atom. The molecule has 40 heavy (non-hydrogen) atoms. The zero-order chi connectivity index (χ0) is 28.7. The second kappa shape index (κ2) is 9.20. The maximum absolute atomic E-state index is 17.6. The molecule has 3 saturated carbocycles. The molecular formula is C31H34ClF2N3O3. The molecule has 1 saturated heterocycles. The lowest BCUT2D eigenvalue weighted by molar-refractivity contribution is -0.212. The Bertz CT molecular complexity index is 1380. The number of nitrogens with one attached hydrogen (secondary N) is 1. The molecule has 1 aliphatic heterocycles. The average molecular weight is 570 g/mol. The van der Waals surface area contributed by atoms with Crippen LogP contribution in [-0.2, 0) is 16.1 Å². The van der Waals surface area contributed by atoms with Crippen LogP contribution >= 0.6 is 11.6 Å². The van der Waals surface area contributed by atoms with Gasteiger partial charge >= 0.3 is 0 Å². The lowest BCUT2D eigenvalue weighted by Crippen LogP contribution is -2.70. The number of aliphatic hydroxyl groups is 1. The first-order valence-corrected chi connectivity index (χ1v) is 14.4. The fourth-order valence-electron chi connectivity index (χ4n) is 9.55. The fraction of sp³-hybridized carbons (Fsp3) is 0.581. The van der Waals surface area contributed by atoms with Crippen LogP contribution in [0.3, 0.4) is 0 Å². The third-order valence-corrected chi connectivity index (χ3v) is 11.5. The summed E-state index contributed by atoms with van der Waals surface area (Å²) in [7, 11) is 0. The van der Waals surface area contributed by atoms with Crippen molar-refractivity contribution in [1.82, 2.24) is 10.2 Å². The second-order valence-corrected chi connectivity index (χ2v) is 13.3. The van der Waals surface area contributed by atoms with Gasteiger partial charge < -0.3 is 10.4 Å². The number of likely N-dealkylation sites (tertiary alicyclic amines) is 1. The van der Waals surface area contributed by atoms with Crippen LogP contribution in [0, 0.1) is 45.3 Å². The number of alkyl halides is 2. The van der Waals surface area contributed by atoms with Gasteiger partial charge in [-0.3, -0.25) is 14.5 Å². The minimum atomic E-state index is -2.19. The van der Waals surface area contributed by atoms with Crippen molar-refractivity contribution < 1.29 is 23.5 Å². The van der Waals surface area contributed by atoms with Gasteiger partial charge in [-0.15, -0.1) is 0 Å². The third kappa shape index (κ3) is 3.50. The van der Waals surface area contributed by atoms with Crippen LogP contribution in [0.5, 0.6) is 0 Å². The van der Waals surface area contributed by atoms with Crippen LogP contribution in [0.15, 0.2) is 48.1 Å². The minimum absolute atomic E-state index is 0.0216. The maximum atomic E-state index is 17.6. The third-order valence-electron chi connectivity index (χ3n) is 11.3. The molecule has 1 heterocycles. The number of fused-ring (bicyclic) bond motifs is 7. The number of hydrogen-bond donors (Lipinski definition) is 2. The van der Waals surface area contributed by atoms with Crippen molar-refractivity contribution in [3.05, 3.63) is 58.7 Å². The molecule has 6 rings (SSSR count). The summed E-state index contributed by atoms with van der Waals surface area (Å²) < 4.78 is 33.4. The molecule has 0 aromatic heterocycles. The number of amides is 1. The van der Waals surface area contributed by atoms with E-state index in [9.17, 15) is 20.0 Å². The van der Waals surface area contributed by atoms with E-state index in [0.29, 0.717) is 31.1 Å². The normalized spacial score (nSPS) is 43.7. The Hall–Kier alpha value is -2.60. The predicted octanol–water partition coefficient (Wildman–Crippen LogP) is 4.33. The zero-order valence-corrected chi connectivity index (χ0v) is 23.4. The minimum Gasteiger partial charge on any atom is -0.390 e. The number of benzene rings is 1. The molecule has 0 unspecified atom stereocenters. The van der Waals surface area contributed by atoms with Crippen molar-refractivity contribution in [1.29, 1.82) is 5.26 Å². The first-order valence-electron chi connectivity index (χ1n) is 14.0. The summed E-state index contributed by atoms with van der Waals surface area (Å²) in [6.07, 6.45) is 1.29. The van der Waals surface area contributed by atoms with Gasteiger partial charge in [0.05, 0.1) is 17.6 Å². The van der Waals surface area contributed by atoms with E-state index in [1.165, 1.54) is 18.2 Å². The Morgan fingerprint density at radius 2 is 2.08 bits per heavy atom. The van der Waals surface area contributed by atoms with Crippen LogP contribution in [0.1, 0.15) is 38.7 Å². The van der Waals surface area contributed by atoms with Crippen LogP contribution < -0.4 is 5.32 Å². The number of hydrogen-bond acceptors (Lipinski definition) is 5. The highest BCUT2D eigenvalue weighted by Gasteiger charge is 2.78. The van der Waals surface area contributed by atoms with Gasteiger partial charge in [-0.25, -0.2) is 8.78 Å². The maximum Gasteiger partial charge on any atom is 0.229 e. The molecule has 6 nitrogen and oxygen atoms in total. The fourth-order valence-corrected chi connectivity index (χ4v) is 9.76. The summed E-state index contributed by atoms with van der Waals surface area (Å²) in [5, 5.41) is 24.3. The number of nitrogens with zero attached hydrogens (tertiary/aromatic N) is 2. The molecule has 5 aliphatic rings. The summed E-state index contributed by atoms with van der Waals surface area (Å²) in [5.41, 5.74) is -4.38. The van der Waals surface area contributed by atoms with E-state index in [-0.39, 0.29) is 48.5 Å². The molecule has 1 amide bonds. The van der Waals surface area contributed by atoms with Gasteiger partial charge in [0, 0.05) is 36.0 Å². The predicted molar refractivity (Wildman–Crippen MR) is 145 cm³/mol. The molecule has 0 spiro atoms. The van der Waals surface area contributed by atoms with Gasteiger partial charge in [0.2, 0.25) is 5.91 Å². The Balaban J connectivity index is 1.40. The monoisotopic (exact) mass is 569 g/mol. The standard InChI is InChI=1S/C31H34ClF2N3O3/c1-28-7-6-21(38)12-24(28)25(33)13-23-22-11-19-16-37(15-18-4-3-5-20(32)10-18)17-30(19,27(40)36-9-8-35)29(22,2)14-26(39)31(23,28)34/h3-7,10,12,19,22-23,25-26,39H,9,11,13-17H2,1-2H3,(H,36,40)/t19-,22-,23-,25-,26-,28-,29-,30+,31-/m0/s1. The summed E-state index contributed by atoms with van der Waals surface area (Å²) in [6, 6.07) is 9.54. The topological polar surface area (TPSA) is 93.4 Å². The number of ketones is 1. The van der Waals surface area contributed by atoms with Crippen molar-refractivity contribution in [3.8, 4) is 6.07 Å². The molecule has 1 aromatic carbocycles. The highest BCUT2D eigenvalue weighted by Crippen LogP contribution is 2.74. The quantitative estimate of drug-likeness (QED) is 0.527. The first kappa shape index (κ1) is 27.6. The van der Waals surface area contributed by atoms with Crippen LogP contribution in [0.2, 0.25) is 5.02 Å². The van der Waals surface area contributed by atoms with E-state index in [2.05, 4.69) is 10.2 Å². The second-order valence-electron chi connectivity index (χ2n) is 12.9. The SMILES string of the molecule is C[C@]12C=CC(=O)C=C1[C@@H](F)C[C@H]1[C@@H]3C[C@H]4CN(Cc5cccc(Cl)c5)C[C@@]4(C(=O)NCC#N)[C@@]3(C)C[C@H](O)[C@@]12F. The highest BCUT2D eigenvalue weighted by molar-refractivity contribution is 6.30. The Morgan fingerprint density at radius 1 is 1.30 bits per heavy atom. The van der Waals surface area contributed by atoms with E-state index in [0.717, 1.165) is 5.56 Å². The van der Waals surface area contributed by atoms with Crippen molar-refractivity contribution in [2.75, 3.05) is 19.6 Å². The number of halogens is 3. The summed E-state index contributed by atoms with van der Waals surface area (Å²) in [6.45, 7) is 4.92. The van der Waals surface area contributed by atoms with Crippen LogP contribution in [0.25, 0.3) is 0 Å². The number of nitriles is 1. The van der Waals surface area contributed by atoms with Crippen LogP contribution in [0.4, 0.5) is 8.78 Å². The van der Waals surface area contributed by atoms with Gasteiger partial charge in [0.1, 0.15) is 12.7 Å². The number of aliphatic hydroxyl groups excluding tert-OH is 1. The molecule has 1 aromatic rings. The van der Waals surface area contributed by atoms with E-state index < -0.39 is 40.1 Å². The molecule has 2 N–H and O–H groups in total. The van der Waals surface area contributed by atoms with Gasteiger partial charge in [0.15, 0.2) is 11.5 Å². The van der Waals surface area contributed by atoms with Crippen molar-refractivity contribution in [2.24, 2.45) is 34.0 Å². The van der Waals surface area contributed by atoms with E-state index >= 15 is 8.78 Å². The smallest absolute Gasteiger partial charge is 0.229 e. The first-order chi connectivity index (χ1) is 18.9. The van der Waals surface area contributed by atoms with Crippen LogP contribution in [-0.4, -0.2) is 59.3 Å². The molecule has 9 atom stereocenters. The highest BCUT2D eigenvalue weighted by atomic mass is 35.5. The summed E-state index contributed by atoms with van der Waals surface area (Å²) in [4.78, 5) is 28.3. The molecule has 4 fully saturated rings. The number of carbonyl (C=O) groups is 2. The van der Waals surface area contributed by atoms with Gasteiger partial charge in [-0.2, -0.15) is 5.26 Å². The largest absolute Gasteiger partial charge is 0.390 e.